The number of carboxylic acids is 1. The number of aliphatic carboxylic acids is 1. The molecule has 5 heteroatoms. The van der Waals surface area contributed by atoms with E-state index in [1.807, 2.05) is 13.8 Å². The fourth-order valence-corrected chi connectivity index (χ4v) is 3.69. The van der Waals surface area contributed by atoms with Gasteiger partial charge in [0.15, 0.2) is 0 Å². The van der Waals surface area contributed by atoms with Gasteiger partial charge < -0.3 is 10.2 Å². The second kappa shape index (κ2) is 7.36. The summed E-state index contributed by atoms with van der Waals surface area (Å²) in [4.78, 5) is 11.6. The number of thioether (sulfide) groups is 1. The fraction of sp³-hybridized carbons (Fsp3) is 0.923. The number of rotatable bonds is 8. The molecule has 4 nitrogen and oxygen atoms in total. The van der Waals surface area contributed by atoms with Crippen molar-refractivity contribution in [3.8, 4) is 0 Å². The maximum atomic E-state index is 11.6. The van der Waals surface area contributed by atoms with Crippen LogP contribution in [0, 0.1) is 5.92 Å². The van der Waals surface area contributed by atoms with Gasteiger partial charge in [0.25, 0.3) is 0 Å². The predicted octanol–water partition coefficient (Wildman–Crippen LogP) is 1.72. The smallest absolute Gasteiger partial charge is 0.324 e. The number of nitrogens with one attached hydrogen (secondary N) is 1. The summed E-state index contributed by atoms with van der Waals surface area (Å²) in [6, 6.07) is 0.187. The molecule has 1 aliphatic rings. The van der Waals surface area contributed by atoms with Gasteiger partial charge in [-0.1, -0.05) is 6.42 Å². The van der Waals surface area contributed by atoms with Crippen molar-refractivity contribution < 1.29 is 15.0 Å². The standard InChI is InChI=1S/C13H25NO3S/c1-10(2)14-13(12(16)17)6-3-4-11(13)5-8-18-9-7-15/h10-11,14-15H,3-9H2,1-2H3,(H,16,17). The molecule has 2 atom stereocenters. The van der Waals surface area contributed by atoms with Crippen LogP contribution in [0.1, 0.15) is 39.5 Å². The maximum absolute atomic E-state index is 11.6. The Morgan fingerprint density at radius 3 is 2.78 bits per heavy atom. The van der Waals surface area contributed by atoms with Crippen LogP contribution in [0.3, 0.4) is 0 Å². The Morgan fingerprint density at radius 1 is 1.50 bits per heavy atom. The Bertz CT molecular complexity index is 273. The highest BCUT2D eigenvalue weighted by Crippen LogP contribution is 2.39. The van der Waals surface area contributed by atoms with E-state index in [2.05, 4.69) is 5.32 Å². The SMILES string of the molecule is CC(C)NC1(C(=O)O)CCCC1CCSCCO. The zero-order valence-electron chi connectivity index (χ0n) is 11.3. The summed E-state index contributed by atoms with van der Waals surface area (Å²) in [5, 5.41) is 21.6. The molecule has 0 spiro atoms. The normalized spacial score (nSPS) is 27.9. The van der Waals surface area contributed by atoms with Gasteiger partial charge in [-0.05, 0) is 44.8 Å². The molecule has 0 radical (unpaired) electrons. The average molecular weight is 275 g/mol. The third kappa shape index (κ3) is 3.87. The number of aliphatic hydroxyl groups excluding tert-OH is 1. The Kier molecular flexibility index (Phi) is 6.46. The van der Waals surface area contributed by atoms with E-state index in [1.165, 1.54) is 0 Å². The molecule has 0 bridgehead atoms. The number of hydrogen-bond donors (Lipinski definition) is 3. The van der Waals surface area contributed by atoms with Gasteiger partial charge in [0.1, 0.15) is 5.54 Å². The Balaban J connectivity index is 2.60. The van der Waals surface area contributed by atoms with Crippen LogP contribution in [-0.4, -0.2) is 45.9 Å². The van der Waals surface area contributed by atoms with Crippen LogP contribution in [0.25, 0.3) is 0 Å². The Labute approximate surface area is 114 Å². The van der Waals surface area contributed by atoms with Gasteiger partial charge in [-0.2, -0.15) is 11.8 Å². The first-order chi connectivity index (χ1) is 8.53. The molecule has 1 aliphatic carbocycles. The zero-order valence-corrected chi connectivity index (χ0v) is 12.1. The van der Waals surface area contributed by atoms with Crippen LogP contribution < -0.4 is 5.32 Å². The largest absolute Gasteiger partial charge is 0.480 e. The molecular formula is C13H25NO3S. The van der Waals surface area contributed by atoms with E-state index in [4.69, 9.17) is 5.11 Å². The van der Waals surface area contributed by atoms with Crippen LogP contribution in [0.2, 0.25) is 0 Å². The van der Waals surface area contributed by atoms with Crippen molar-refractivity contribution >= 4 is 17.7 Å². The summed E-state index contributed by atoms with van der Waals surface area (Å²) in [5.41, 5.74) is -0.728. The van der Waals surface area contributed by atoms with Crippen molar-refractivity contribution in [2.45, 2.75) is 51.1 Å². The lowest BCUT2D eigenvalue weighted by Gasteiger charge is -2.34. The maximum Gasteiger partial charge on any atom is 0.324 e. The molecule has 0 aromatic carbocycles. The zero-order chi connectivity index (χ0) is 13.6. The summed E-state index contributed by atoms with van der Waals surface area (Å²) in [6.07, 6.45) is 3.62. The van der Waals surface area contributed by atoms with Crippen molar-refractivity contribution in [1.29, 1.82) is 0 Å². The molecule has 0 aromatic rings. The molecule has 3 N–H and O–H groups in total. The van der Waals surface area contributed by atoms with E-state index in [-0.39, 0.29) is 18.6 Å². The van der Waals surface area contributed by atoms with Gasteiger partial charge in [0.2, 0.25) is 0 Å². The third-order valence-electron chi connectivity index (χ3n) is 3.59. The van der Waals surface area contributed by atoms with Gasteiger partial charge in [-0.15, -0.1) is 0 Å². The minimum atomic E-state index is -0.728. The van der Waals surface area contributed by atoms with E-state index < -0.39 is 11.5 Å². The van der Waals surface area contributed by atoms with Crippen LogP contribution in [0.5, 0.6) is 0 Å². The number of carboxylic acid groups (broad SMARTS) is 1. The number of aliphatic hydroxyl groups is 1. The van der Waals surface area contributed by atoms with Gasteiger partial charge in [-0.3, -0.25) is 10.1 Å². The van der Waals surface area contributed by atoms with Crippen molar-refractivity contribution in [2.24, 2.45) is 5.92 Å². The molecule has 0 heterocycles. The average Bonchev–Trinajstić information content (AvgIpc) is 2.68. The first kappa shape index (κ1) is 15.8. The summed E-state index contributed by atoms with van der Waals surface area (Å²) in [7, 11) is 0. The lowest BCUT2D eigenvalue weighted by molar-refractivity contribution is -0.147. The topological polar surface area (TPSA) is 69.6 Å². The van der Waals surface area contributed by atoms with Crippen molar-refractivity contribution in [3.63, 3.8) is 0 Å². The summed E-state index contributed by atoms with van der Waals surface area (Å²) >= 11 is 1.70. The molecule has 106 valence electrons. The summed E-state index contributed by atoms with van der Waals surface area (Å²) in [6.45, 7) is 4.20. The van der Waals surface area contributed by atoms with E-state index in [0.29, 0.717) is 0 Å². The van der Waals surface area contributed by atoms with E-state index in [9.17, 15) is 9.90 Å². The van der Waals surface area contributed by atoms with Crippen molar-refractivity contribution in [2.75, 3.05) is 18.1 Å². The minimum Gasteiger partial charge on any atom is -0.480 e. The first-order valence-corrected chi connectivity index (χ1v) is 7.88. The molecule has 0 amide bonds. The van der Waals surface area contributed by atoms with Crippen LogP contribution in [-0.2, 0) is 4.79 Å². The number of hydrogen-bond acceptors (Lipinski definition) is 4. The van der Waals surface area contributed by atoms with Gasteiger partial charge in [0, 0.05) is 11.8 Å². The van der Waals surface area contributed by atoms with Crippen molar-refractivity contribution in [3.05, 3.63) is 0 Å². The molecule has 1 fully saturated rings. The monoisotopic (exact) mass is 275 g/mol. The van der Waals surface area contributed by atoms with Crippen LogP contribution >= 0.6 is 11.8 Å². The number of carbonyl (C=O) groups is 1. The van der Waals surface area contributed by atoms with Gasteiger partial charge in [0.05, 0.1) is 6.61 Å². The van der Waals surface area contributed by atoms with E-state index in [1.54, 1.807) is 11.8 Å². The minimum absolute atomic E-state index is 0.187. The fourth-order valence-electron chi connectivity index (χ4n) is 2.91. The lowest BCUT2D eigenvalue weighted by Crippen LogP contribution is -2.57. The molecular weight excluding hydrogens is 250 g/mol. The molecule has 2 unspecified atom stereocenters. The summed E-state index contributed by atoms with van der Waals surface area (Å²) < 4.78 is 0. The predicted molar refractivity (Wildman–Crippen MR) is 75.0 cm³/mol. The third-order valence-corrected chi connectivity index (χ3v) is 4.59. The molecule has 1 rings (SSSR count). The van der Waals surface area contributed by atoms with Gasteiger partial charge >= 0.3 is 5.97 Å². The molecule has 0 saturated heterocycles. The van der Waals surface area contributed by atoms with E-state index >= 15 is 0 Å². The lowest BCUT2D eigenvalue weighted by atomic mass is 9.84. The molecule has 0 aromatic heterocycles. The summed E-state index contributed by atoms with van der Waals surface area (Å²) in [5.74, 6) is 1.18. The van der Waals surface area contributed by atoms with E-state index in [0.717, 1.165) is 37.2 Å². The Hall–Kier alpha value is -0.260. The first-order valence-electron chi connectivity index (χ1n) is 6.72. The quantitative estimate of drug-likeness (QED) is 0.589. The van der Waals surface area contributed by atoms with Crippen LogP contribution in [0.15, 0.2) is 0 Å². The highest BCUT2D eigenvalue weighted by molar-refractivity contribution is 7.99. The molecule has 1 saturated carbocycles. The van der Waals surface area contributed by atoms with Gasteiger partial charge in [-0.25, -0.2) is 0 Å². The second-order valence-corrected chi connectivity index (χ2v) is 6.51. The van der Waals surface area contributed by atoms with Crippen LogP contribution in [0.4, 0.5) is 0 Å². The highest BCUT2D eigenvalue weighted by atomic mass is 32.2. The second-order valence-electron chi connectivity index (χ2n) is 5.29. The Morgan fingerprint density at radius 2 is 2.22 bits per heavy atom. The molecule has 0 aliphatic heterocycles. The van der Waals surface area contributed by atoms with Crippen molar-refractivity contribution in [1.82, 2.24) is 5.32 Å². The molecule has 18 heavy (non-hydrogen) atoms. The highest BCUT2D eigenvalue weighted by Gasteiger charge is 2.48.